The number of carbonyl (C=O) groups excluding carboxylic acids is 3. The Labute approximate surface area is 191 Å². The first-order valence-corrected chi connectivity index (χ1v) is 11.5. The number of fused-ring (bicyclic) bond motifs is 3. The second kappa shape index (κ2) is 7.30. The molecule has 9 heteroatoms. The van der Waals surface area contributed by atoms with E-state index < -0.39 is 52.1 Å². The minimum atomic E-state index is -1.68. The van der Waals surface area contributed by atoms with Gasteiger partial charge in [0.1, 0.15) is 35.2 Å². The van der Waals surface area contributed by atoms with Gasteiger partial charge in [-0.05, 0) is 37.7 Å². The molecule has 9 nitrogen and oxygen atoms in total. The van der Waals surface area contributed by atoms with Crippen LogP contribution in [0.3, 0.4) is 0 Å². The normalized spacial score (nSPS) is 43.8. The van der Waals surface area contributed by atoms with E-state index in [9.17, 15) is 19.5 Å². The van der Waals surface area contributed by atoms with E-state index in [1.54, 1.807) is 6.07 Å². The summed E-state index contributed by atoms with van der Waals surface area (Å²) in [6, 6.07) is 1.74. The maximum Gasteiger partial charge on any atom is 0.316 e. The molecule has 2 aliphatic heterocycles. The molecule has 7 atom stereocenters. The lowest BCUT2D eigenvalue weighted by Crippen LogP contribution is -2.78. The van der Waals surface area contributed by atoms with Gasteiger partial charge in [-0.3, -0.25) is 14.4 Å². The highest BCUT2D eigenvalue weighted by molar-refractivity contribution is 5.82. The van der Waals surface area contributed by atoms with Gasteiger partial charge in [0, 0.05) is 25.8 Å². The Kier molecular flexibility index (Phi) is 4.96. The molecule has 3 heterocycles. The van der Waals surface area contributed by atoms with Gasteiger partial charge in [0.15, 0.2) is 0 Å². The van der Waals surface area contributed by atoms with Crippen LogP contribution in [0, 0.1) is 16.7 Å². The number of carbonyl (C=O) groups is 3. The van der Waals surface area contributed by atoms with Crippen molar-refractivity contribution in [3.63, 3.8) is 0 Å². The second-order valence-electron chi connectivity index (χ2n) is 10.1. The molecular formula is C24H30O9. The fraction of sp³-hybridized carbons (Fsp3) is 0.708. The highest BCUT2D eigenvalue weighted by Crippen LogP contribution is 2.73. The second-order valence-corrected chi connectivity index (χ2v) is 10.1. The third kappa shape index (κ3) is 2.81. The van der Waals surface area contributed by atoms with E-state index in [4.69, 9.17) is 23.4 Å². The van der Waals surface area contributed by atoms with Crippen LogP contribution in [0.5, 0.6) is 0 Å². The van der Waals surface area contributed by atoms with Crippen molar-refractivity contribution in [2.75, 3.05) is 13.2 Å². The van der Waals surface area contributed by atoms with E-state index in [0.29, 0.717) is 25.9 Å². The summed E-state index contributed by atoms with van der Waals surface area (Å²) in [4.78, 5) is 37.8. The molecule has 0 unspecified atom stereocenters. The quantitative estimate of drug-likeness (QED) is 0.408. The van der Waals surface area contributed by atoms with Gasteiger partial charge in [-0.1, -0.05) is 6.92 Å². The van der Waals surface area contributed by atoms with E-state index in [2.05, 4.69) is 0 Å². The first-order chi connectivity index (χ1) is 15.6. The molecule has 4 fully saturated rings. The van der Waals surface area contributed by atoms with Crippen LogP contribution in [0.1, 0.15) is 64.5 Å². The summed E-state index contributed by atoms with van der Waals surface area (Å²) in [5.74, 6) is -1.88. The van der Waals surface area contributed by atoms with Gasteiger partial charge in [0.2, 0.25) is 0 Å². The van der Waals surface area contributed by atoms with Crippen molar-refractivity contribution in [2.45, 2.75) is 76.3 Å². The van der Waals surface area contributed by atoms with Gasteiger partial charge in [-0.2, -0.15) is 0 Å². The highest BCUT2D eigenvalue weighted by atomic mass is 16.6. The average Bonchev–Trinajstić information content (AvgIpc) is 3.16. The number of ether oxygens (including phenoxy) is 4. The Morgan fingerprint density at radius 3 is 2.61 bits per heavy atom. The number of hydrogen-bond donors (Lipinski definition) is 1. The first-order valence-electron chi connectivity index (χ1n) is 11.5. The highest BCUT2D eigenvalue weighted by Gasteiger charge is 2.85. The minimum Gasteiger partial charge on any atom is -0.472 e. The fourth-order valence-corrected chi connectivity index (χ4v) is 7.20. The van der Waals surface area contributed by atoms with E-state index in [-0.39, 0.29) is 25.4 Å². The predicted octanol–water partition coefficient (Wildman–Crippen LogP) is 2.46. The van der Waals surface area contributed by atoms with Gasteiger partial charge >= 0.3 is 17.9 Å². The summed E-state index contributed by atoms with van der Waals surface area (Å²) in [6.45, 7) is 4.61. The molecule has 180 valence electrons. The van der Waals surface area contributed by atoms with Crippen LogP contribution >= 0.6 is 0 Å². The van der Waals surface area contributed by atoms with Crippen molar-refractivity contribution in [1.82, 2.24) is 0 Å². The van der Waals surface area contributed by atoms with Crippen LogP contribution < -0.4 is 0 Å². The van der Waals surface area contributed by atoms with Crippen LogP contribution in [0.4, 0.5) is 0 Å². The lowest BCUT2D eigenvalue weighted by atomic mass is 9.40. The Hall–Kier alpha value is -2.39. The number of aliphatic hydroxyl groups is 1. The molecule has 0 bridgehead atoms. The largest absolute Gasteiger partial charge is 0.472 e. The number of rotatable bonds is 4. The molecule has 1 aromatic rings. The number of epoxide rings is 1. The first kappa shape index (κ1) is 22.4. The number of esters is 3. The monoisotopic (exact) mass is 462 g/mol. The van der Waals surface area contributed by atoms with Crippen LogP contribution in [-0.2, 0) is 33.3 Å². The third-order valence-electron chi connectivity index (χ3n) is 8.71. The predicted molar refractivity (Wildman–Crippen MR) is 110 cm³/mol. The summed E-state index contributed by atoms with van der Waals surface area (Å²) in [7, 11) is 0. The zero-order valence-electron chi connectivity index (χ0n) is 19.1. The molecule has 33 heavy (non-hydrogen) atoms. The Morgan fingerprint density at radius 2 is 2.00 bits per heavy atom. The smallest absolute Gasteiger partial charge is 0.316 e. The summed E-state index contributed by atoms with van der Waals surface area (Å²) < 4.78 is 28.4. The standard InChI is InChI=1S/C24H30O9/c1-14-9-19(32-16(3)26)23(13-30-15(2)25)21(12-31-21)6-4-7-24(23,28)22(14)10-18(33-20(22)27)17-5-8-29-11-17/h5,8,11,14,18-19,28H,4,6-7,9-10,12-13H2,1-3H3/t14-,18+,19-,21+,22+,23+,24+/m1/s1. The molecule has 2 aliphatic carbocycles. The van der Waals surface area contributed by atoms with Crippen molar-refractivity contribution in [1.29, 1.82) is 0 Å². The Morgan fingerprint density at radius 1 is 1.24 bits per heavy atom. The maximum atomic E-state index is 13.7. The van der Waals surface area contributed by atoms with Gasteiger partial charge in [0.25, 0.3) is 0 Å². The molecule has 2 saturated carbocycles. The Bertz CT molecular complexity index is 967. The summed E-state index contributed by atoms with van der Waals surface area (Å²) in [5.41, 5.74) is -4.40. The zero-order chi connectivity index (χ0) is 23.6. The van der Waals surface area contributed by atoms with Crippen molar-refractivity contribution in [2.24, 2.45) is 16.7 Å². The molecule has 0 radical (unpaired) electrons. The zero-order valence-corrected chi connectivity index (χ0v) is 19.1. The van der Waals surface area contributed by atoms with E-state index in [1.165, 1.54) is 26.4 Å². The lowest BCUT2D eigenvalue weighted by molar-refractivity contribution is -0.301. The molecule has 1 aromatic heterocycles. The van der Waals surface area contributed by atoms with Crippen molar-refractivity contribution in [3.05, 3.63) is 24.2 Å². The van der Waals surface area contributed by atoms with Crippen molar-refractivity contribution in [3.8, 4) is 0 Å². The molecule has 1 N–H and O–H groups in total. The number of cyclic esters (lactones) is 1. The van der Waals surface area contributed by atoms with E-state index in [1.807, 2.05) is 6.92 Å². The SMILES string of the molecule is CC(=O)OC[C@@]12[C@H](OC(C)=O)C[C@@H](C)[C@]3(C[C@@H](c4ccoc4)OC3=O)[C@@]1(O)CCC[C@]21CO1. The Balaban J connectivity index is 1.68. The number of hydrogen-bond acceptors (Lipinski definition) is 9. The third-order valence-corrected chi connectivity index (χ3v) is 8.71. The summed E-state index contributed by atoms with van der Waals surface area (Å²) in [5, 5.41) is 12.7. The topological polar surface area (TPSA) is 125 Å². The summed E-state index contributed by atoms with van der Waals surface area (Å²) >= 11 is 0. The molecule has 5 rings (SSSR count). The van der Waals surface area contributed by atoms with Gasteiger partial charge in [-0.15, -0.1) is 0 Å². The van der Waals surface area contributed by atoms with Crippen LogP contribution in [0.15, 0.2) is 23.0 Å². The number of furan rings is 1. The van der Waals surface area contributed by atoms with Crippen LogP contribution in [0.2, 0.25) is 0 Å². The van der Waals surface area contributed by atoms with Crippen molar-refractivity contribution >= 4 is 17.9 Å². The fourth-order valence-electron chi connectivity index (χ4n) is 7.20. The molecule has 2 spiro atoms. The van der Waals surface area contributed by atoms with Crippen molar-refractivity contribution < 1.29 is 42.9 Å². The van der Waals surface area contributed by atoms with Gasteiger partial charge in [0.05, 0.1) is 24.7 Å². The molecule has 4 aliphatic rings. The van der Waals surface area contributed by atoms with Gasteiger partial charge in [-0.25, -0.2) is 0 Å². The lowest BCUT2D eigenvalue weighted by Gasteiger charge is -2.65. The van der Waals surface area contributed by atoms with E-state index >= 15 is 0 Å². The molecule has 0 aromatic carbocycles. The average molecular weight is 462 g/mol. The molecule has 0 amide bonds. The van der Waals surface area contributed by atoms with Crippen LogP contribution in [0.25, 0.3) is 0 Å². The summed E-state index contributed by atoms with van der Waals surface area (Å²) in [6.07, 6.45) is 3.74. The van der Waals surface area contributed by atoms with Gasteiger partial charge < -0.3 is 28.5 Å². The minimum absolute atomic E-state index is 0.213. The maximum absolute atomic E-state index is 13.7. The molecular weight excluding hydrogens is 432 g/mol. The van der Waals surface area contributed by atoms with Crippen LogP contribution in [-0.4, -0.2) is 53.5 Å². The molecule has 2 saturated heterocycles. The van der Waals surface area contributed by atoms with E-state index in [0.717, 1.165) is 5.56 Å².